The number of hydrogen-bond acceptors (Lipinski definition) is 6. The van der Waals surface area contributed by atoms with Gasteiger partial charge >= 0.3 is 11.9 Å². The standard InChI is InChI=1S/C20H23N3O6/c1-13(2)18(21-16(24)11-14-7-4-3-5-8-14)20(27)29-12-17(25)22-23-19(26)15-9-6-10-28-15/h3-10,13,18H,11-12H2,1-2H3,(H,21,24)(H,22,25)(H,23,26)/t18-/m0/s1. The van der Waals surface area contributed by atoms with Crippen molar-refractivity contribution in [1.29, 1.82) is 0 Å². The van der Waals surface area contributed by atoms with Crippen LogP contribution in [-0.4, -0.2) is 36.3 Å². The molecular formula is C20H23N3O6. The van der Waals surface area contributed by atoms with E-state index in [1.165, 1.54) is 18.4 Å². The van der Waals surface area contributed by atoms with Gasteiger partial charge in [0.25, 0.3) is 5.91 Å². The molecule has 29 heavy (non-hydrogen) atoms. The van der Waals surface area contributed by atoms with E-state index in [-0.39, 0.29) is 24.0 Å². The van der Waals surface area contributed by atoms with Gasteiger partial charge in [0.2, 0.25) is 5.91 Å². The number of carbonyl (C=O) groups excluding carboxylic acids is 4. The van der Waals surface area contributed by atoms with E-state index in [4.69, 9.17) is 9.15 Å². The number of esters is 1. The monoisotopic (exact) mass is 401 g/mol. The molecule has 0 aliphatic rings. The molecule has 3 N–H and O–H groups in total. The summed E-state index contributed by atoms with van der Waals surface area (Å²) in [5.74, 6) is -2.69. The van der Waals surface area contributed by atoms with Crippen LogP contribution in [0.25, 0.3) is 0 Å². The Kier molecular flexibility index (Phi) is 7.96. The second-order valence-electron chi connectivity index (χ2n) is 6.54. The van der Waals surface area contributed by atoms with Crippen LogP contribution in [0.15, 0.2) is 53.1 Å². The largest absolute Gasteiger partial charge is 0.459 e. The SMILES string of the molecule is CC(C)[C@H](NC(=O)Cc1ccccc1)C(=O)OCC(=O)NNC(=O)c1ccco1. The van der Waals surface area contributed by atoms with Gasteiger partial charge in [0.1, 0.15) is 6.04 Å². The van der Waals surface area contributed by atoms with Crippen molar-refractivity contribution < 1.29 is 28.3 Å². The maximum absolute atomic E-state index is 12.3. The third kappa shape index (κ3) is 7.13. The van der Waals surface area contributed by atoms with Gasteiger partial charge in [-0.05, 0) is 23.6 Å². The summed E-state index contributed by atoms with van der Waals surface area (Å²) in [4.78, 5) is 47.9. The van der Waals surface area contributed by atoms with Crippen molar-refractivity contribution in [3.8, 4) is 0 Å². The average Bonchev–Trinajstić information content (AvgIpc) is 3.24. The highest BCUT2D eigenvalue weighted by Gasteiger charge is 2.26. The van der Waals surface area contributed by atoms with Gasteiger partial charge in [-0.25, -0.2) is 4.79 Å². The van der Waals surface area contributed by atoms with E-state index in [2.05, 4.69) is 16.2 Å². The normalized spacial score (nSPS) is 11.4. The number of amides is 3. The first-order valence-electron chi connectivity index (χ1n) is 8.99. The van der Waals surface area contributed by atoms with Gasteiger partial charge in [-0.3, -0.25) is 25.2 Å². The lowest BCUT2D eigenvalue weighted by Gasteiger charge is -2.20. The second-order valence-corrected chi connectivity index (χ2v) is 6.54. The zero-order valence-corrected chi connectivity index (χ0v) is 16.1. The van der Waals surface area contributed by atoms with Crippen LogP contribution >= 0.6 is 0 Å². The zero-order chi connectivity index (χ0) is 21.2. The fourth-order valence-corrected chi connectivity index (χ4v) is 2.36. The van der Waals surface area contributed by atoms with Crippen molar-refractivity contribution in [3.05, 3.63) is 60.1 Å². The van der Waals surface area contributed by atoms with Crippen LogP contribution in [0.2, 0.25) is 0 Å². The minimum atomic E-state index is -0.906. The van der Waals surface area contributed by atoms with E-state index in [1.54, 1.807) is 13.8 Å². The Hall–Kier alpha value is -3.62. The Morgan fingerprint density at radius 3 is 2.31 bits per heavy atom. The van der Waals surface area contributed by atoms with Crippen molar-refractivity contribution in [2.45, 2.75) is 26.3 Å². The van der Waals surface area contributed by atoms with Gasteiger partial charge in [-0.2, -0.15) is 0 Å². The number of furan rings is 1. The quantitative estimate of drug-likeness (QED) is 0.447. The van der Waals surface area contributed by atoms with E-state index < -0.39 is 30.4 Å². The van der Waals surface area contributed by atoms with Gasteiger partial charge < -0.3 is 14.5 Å². The summed E-state index contributed by atoms with van der Waals surface area (Å²) in [5, 5.41) is 2.63. The highest BCUT2D eigenvalue weighted by Crippen LogP contribution is 2.06. The van der Waals surface area contributed by atoms with Crippen molar-refractivity contribution in [3.63, 3.8) is 0 Å². The number of ether oxygens (including phenoxy) is 1. The lowest BCUT2D eigenvalue weighted by molar-refractivity contribution is -0.152. The summed E-state index contributed by atoms with van der Waals surface area (Å²) in [6.07, 6.45) is 1.44. The van der Waals surface area contributed by atoms with Crippen LogP contribution in [-0.2, 0) is 25.5 Å². The molecular weight excluding hydrogens is 378 g/mol. The molecule has 0 aliphatic carbocycles. The van der Waals surface area contributed by atoms with Crippen LogP contribution in [0.5, 0.6) is 0 Å². The molecule has 154 valence electrons. The van der Waals surface area contributed by atoms with Crippen molar-refractivity contribution in [2.24, 2.45) is 5.92 Å². The number of benzene rings is 1. The first kappa shape index (κ1) is 21.7. The summed E-state index contributed by atoms with van der Waals surface area (Å²) in [5.41, 5.74) is 5.04. The molecule has 0 radical (unpaired) electrons. The Morgan fingerprint density at radius 2 is 1.69 bits per heavy atom. The Morgan fingerprint density at radius 1 is 0.966 bits per heavy atom. The summed E-state index contributed by atoms with van der Waals surface area (Å²) >= 11 is 0. The van der Waals surface area contributed by atoms with Gasteiger partial charge in [0.15, 0.2) is 12.4 Å². The Labute approximate surface area is 167 Å². The Balaban J connectivity index is 1.78. The molecule has 0 spiro atoms. The predicted octanol–water partition coefficient (Wildman–Crippen LogP) is 0.967. The minimum Gasteiger partial charge on any atom is -0.459 e. The number of carbonyl (C=O) groups is 4. The van der Waals surface area contributed by atoms with E-state index in [0.29, 0.717) is 0 Å². The zero-order valence-electron chi connectivity index (χ0n) is 16.1. The number of nitrogens with one attached hydrogen (secondary N) is 3. The molecule has 9 nitrogen and oxygen atoms in total. The highest BCUT2D eigenvalue weighted by molar-refractivity contribution is 5.93. The molecule has 3 amide bonds. The van der Waals surface area contributed by atoms with Crippen molar-refractivity contribution >= 4 is 23.7 Å². The summed E-state index contributed by atoms with van der Waals surface area (Å²) < 4.78 is 9.84. The first-order chi connectivity index (χ1) is 13.9. The second kappa shape index (κ2) is 10.6. The molecule has 0 fully saturated rings. The molecule has 1 atom stereocenters. The lowest BCUT2D eigenvalue weighted by atomic mass is 10.0. The summed E-state index contributed by atoms with van der Waals surface area (Å²) in [7, 11) is 0. The van der Waals surface area contributed by atoms with Gasteiger partial charge in [0, 0.05) is 0 Å². The van der Waals surface area contributed by atoms with Crippen LogP contribution in [0.1, 0.15) is 30.0 Å². The number of hydrazine groups is 1. The molecule has 0 unspecified atom stereocenters. The third-order valence-electron chi connectivity index (χ3n) is 3.85. The van der Waals surface area contributed by atoms with Crippen LogP contribution in [0.4, 0.5) is 0 Å². The first-order valence-corrected chi connectivity index (χ1v) is 8.99. The summed E-state index contributed by atoms with van der Waals surface area (Å²) in [6.45, 7) is 2.88. The van der Waals surface area contributed by atoms with Crippen LogP contribution in [0.3, 0.4) is 0 Å². The molecule has 0 aliphatic heterocycles. The molecule has 0 saturated heterocycles. The smallest absolute Gasteiger partial charge is 0.329 e. The molecule has 1 aromatic heterocycles. The molecule has 2 aromatic rings. The van der Waals surface area contributed by atoms with E-state index in [9.17, 15) is 19.2 Å². The Bertz CT molecular complexity index is 833. The maximum atomic E-state index is 12.3. The van der Waals surface area contributed by atoms with Gasteiger partial charge in [-0.15, -0.1) is 0 Å². The molecule has 9 heteroatoms. The van der Waals surface area contributed by atoms with Crippen molar-refractivity contribution in [1.82, 2.24) is 16.2 Å². The minimum absolute atomic E-state index is 0.0169. The fourth-order valence-electron chi connectivity index (χ4n) is 2.36. The summed E-state index contributed by atoms with van der Waals surface area (Å²) in [6, 6.07) is 11.1. The number of hydrogen-bond donors (Lipinski definition) is 3. The van der Waals surface area contributed by atoms with E-state index in [1.807, 2.05) is 30.3 Å². The molecule has 0 bridgehead atoms. The van der Waals surface area contributed by atoms with Crippen LogP contribution in [0, 0.1) is 5.92 Å². The average molecular weight is 401 g/mol. The van der Waals surface area contributed by atoms with Crippen LogP contribution < -0.4 is 16.2 Å². The lowest BCUT2D eigenvalue weighted by Crippen LogP contribution is -2.48. The van der Waals surface area contributed by atoms with Crippen molar-refractivity contribution in [2.75, 3.05) is 6.61 Å². The predicted molar refractivity (Wildman–Crippen MR) is 102 cm³/mol. The molecule has 2 rings (SSSR count). The molecule has 1 heterocycles. The molecule has 1 aromatic carbocycles. The topological polar surface area (TPSA) is 127 Å². The fraction of sp³-hybridized carbons (Fsp3) is 0.300. The third-order valence-corrected chi connectivity index (χ3v) is 3.85. The maximum Gasteiger partial charge on any atom is 0.329 e. The van der Waals surface area contributed by atoms with Gasteiger partial charge in [0.05, 0.1) is 12.7 Å². The number of rotatable bonds is 8. The van der Waals surface area contributed by atoms with E-state index >= 15 is 0 Å². The van der Waals surface area contributed by atoms with Gasteiger partial charge in [-0.1, -0.05) is 44.2 Å². The molecule has 0 saturated carbocycles. The highest BCUT2D eigenvalue weighted by atomic mass is 16.5. The van der Waals surface area contributed by atoms with E-state index in [0.717, 1.165) is 5.56 Å².